The van der Waals surface area contributed by atoms with Crippen LogP contribution in [0.5, 0.6) is 0 Å². The standard InChI is InChI=1S/C27H36N10.C2H4/c28-22-5-4-10-37(18-22)17-20-6-9-31-23(11-20)14-33-26-16-32-25(15-34-26)24-12-21-13-29-7-2-1-3-8-30-19-35-27(21)36-24;1-2/h6,9,11-13,15-16,19,22,36H,1-5,7-8,10,14,17-18,28H2,(H,30,35)(H,33,34);1-2H2. The first kappa shape index (κ1) is 28.1. The monoisotopic (exact) mass is 528 g/mol. The van der Waals surface area contributed by atoms with Crippen molar-refractivity contribution in [3.63, 3.8) is 0 Å². The molecule has 1 unspecified atom stereocenters. The van der Waals surface area contributed by atoms with Gasteiger partial charge >= 0.3 is 0 Å². The van der Waals surface area contributed by atoms with Crippen LogP contribution < -0.4 is 16.4 Å². The number of nitrogens with two attached hydrogens (primary N) is 1. The van der Waals surface area contributed by atoms with Gasteiger partial charge in [0.2, 0.25) is 0 Å². The van der Waals surface area contributed by atoms with Crippen LogP contribution in [-0.2, 0) is 13.1 Å². The summed E-state index contributed by atoms with van der Waals surface area (Å²) >= 11 is 0. The summed E-state index contributed by atoms with van der Waals surface area (Å²) in [6.07, 6.45) is 14.6. The Hall–Kier alpha value is -3.89. The number of hydrogen-bond acceptors (Lipinski definition) is 9. The Morgan fingerprint density at radius 1 is 1.03 bits per heavy atom. The number of aromatic amines is 1. The van der Waals surface area contributed by atoms with Crippen molar-refractivity contribution >= 4 is 24.2 Å². The van der Waals surface area contributed by atoms with Crippen molar-refractivity contribution in [1.82, 2.24) is 24.8 Å². The molecular formula is C29H40N10. The van der Waals surface area contributed by atoms with Gasteiger partial charge in [-0.25, -0.2) is 9.97 Å². The second kappa shape index (κ2) is 14.9. The number of anilines is 2. The summed E-state index contributed by atoms with van der Waals surface area (Å²) in [5.74, 6) is 1.56. The molecule has 5 rings (SSSR count). The number of H-pyrrole nitrogens is 1. The second-order valence-electron chi connectivity index (χ2n) is 9.72. The topological polar surface area (TPSA) is 132 Å². The average molecular weight is 529 g/mol. The summed E-state index contributed by atoms with van der Waals surface area (Å²) < 4.78 is 0. The summed E-state index contributed by atoms with van der Waals surface area (Å²) in [5, 5.41) is 6.58. The number of fused-ring (bicyclic) bond motifs is 1. The van der Waals surface area contributed by atoms with Crippen molar-refractivity contribution in [2.75, 3.05) is 36.8 Å². The second-order valence-corrected chi connectivity index (χ2v) is 9.72. The van der Waals surface area contributed by atoms with Crippen LogP contribution in [0.4, 0.5) is 11.6 Å². The van der Waals surface area contributed by atoms with E-state index in [0.29, 0.717) is 12.4 Å². The molecule has 2 aliphatic rings. The maximum absolute atomic E-state index is 6.14. The fraction of sp³-hybridized carbons (Fsp3) is 0.414. The van der Waals surface area contributed by atoms with Crippen LogP contribution in [0.1, 0.15) is 48.9 Å². The number of hydrogen-bond donors (Lipinski definition) is 4. The number of piperidine rings is 1. The molecule has 10 heteroatoms. The molecule has 0 aromatic carbocycles. The first-order valence-electron chi connectivity index (χ1n) is 13.7. The van der Waals surface area contributed by atoms with E-state index >= 15 is 0 Å². The zero-order chi connectivity index (χ0) is 27.3. The average Bonchev–Trinajstić information content (AvgIpc) is 3.36. The maximum Gasteiger partial charge on any atom is 0.144 e. The Balaban J connectivity index is 0.00000172. The lowest BCUT2D eigenvalue weighted by atomic mass is 10.1. The molecule has 39 heavy (non-hydrogen) atoms. The Bertz CT molecular complexity index is 1220. The number of likely N-dealkylation sites (tertiary alicyclic amines) is 1. The predicted molar refractivity (Wildman–Crippen MR) is 160 cm³/mol. The molecule has 3 aromatic rings. The van der Waals surface area contributed by atoms with Gasteiger partial charge in [0.15, 0.2) is 0 Å². The fourth-order valence-corrected chi connectivity index (χ4v) is 4.71. The summed E-state index contributed by atoms with van der Waals surface area (Å²) in [7, 11) is 0. The minimum absolute atomic E-state index is 0.283. The summed E-state index contributed by atoms with van der Waals surface area (Å²) in [6.45, 7) is 11.2. The highest BCUT2D eigenvalue weighted by molar-refractivity contribution is 5.93. The van der Waals surface area contributed by atoms with Crippen LogP contribution in [-0.4, -0.2) is 69.6 Å². The molecule has 0 radical (unpaired) electrons. The third-order valence-electron chi connectivity index (χ3n) is 6.66. The van der Waals surface area contributed by atoms with E-state index in [0.717, 1.165) is 86.9 Å². The number of rotatable bonds is 6. The normalized spacial score (nSPS) is 18.0. The van der Waals surface area contributed by atoms with Crippen molar-refractivity contribution < 1.29 is 0 Å². The number of nitrogens with one attached hydrogen (secondary N) is 3. The molecular weight excluding hydrogens is 488 g/mol. The van der Waals surface area contributed by atoms with Gasteiger partial charge in [0, 0.05) is 50.2 Å². The van der Waals surface area contributed by atoms with E-state index in [1.54, 1.807) is 18.7 Å². The molecule has 1 atom stereocenters. The van der Waals surface area contributed by atoms with E-state index in [4.69, 9.17) is 5.73 Å². The lowest BCUT2D eigenvalue weighted by Gasteiger charge is -2.30. The molecule has 1 saturated heterocycles. The predicted octanol–water partition coefficient (Wildman–Crippen LogP) is 4.25. The third kappa shape index (κ3) is 8.56. The zero-order valence-corrected chi connectivity index (χ0v) is 22.6. The summed E-state index contributed by atoms with van der Waals surface area (Å²) in [4.78, 5) is 28.5. The zero-order valence-electron chi connectivity index (χ0n) is 22.6. The van der Waals surface area contributed by atoms with E-state index < -0.39 is 0 Å². The first-order valence-corrected chi connectivity index (χ1v) is 13.7. The quantitative estimate of drug-likeness (QED) is 0.352. The molecule has 0 amide bonds. The molecule has 5 heterocycles. The molecule has 1 fully saturated rings. The van der Waals surface area contributed by atoms with Crippen LogP contribution in [0, 0.1) is 0 Å². The Morgan fingerprint density at radius 3 is 2.72 bits per heavy atom. The minimum atomic E-state index is 0.283. The van der Waals surface area contributed by atoms with Gasteiger partial charge in [-0.3, -0.25) is 19.9 Å². The highest BCUT2D eigenvalue weighted by atomic mass is 15.1. The van der Waals surface area contributed by atoms with Crippen molar-refractivity contribution in [2.24, 2.45) is 15.7 Å². The van der Waals surface area contributed by atoms with Crippen LogP contribution in [0.2, 0.25) is 0 Å². The van der Waals surface area contributed by atoms with E-state index in [-0.39, 0.29) is 6.04 Å². The van der Waals surface area contributed by atoms with Crippen molar-refractivity contribution in [3.05, 3.63) is 66.8 Å². The SMILES string of the molecule is C=C.NC1CCCN(Cc2ccnc(CNc3cnc(-c4cc5c([nH]4)NC=NCCCCCN=C5)cn3)c2)C1. The van der Waals surface area contributed by atoms with Gasteiger partial charge in [-0.15, -0.1) is 13.2 Å². The van der Waals surface area contributed by atoms with Gasteiger partial charge in [0.1, 0.15) is 17.3 Å². The van der Waals surface area contributed by atoms with Crippen LogP contribution in [0.3, 0.4) is 0 Å². The third-order valence-corrected chi connectivity index (χ3v) is 6.66. The first-order chi connectivity index (χ1) is 19.2. The molecule has 0 aliphatic carbocycles. The van der Waals surface area contributed by atoms with E-state index in [9.17, 15) is 0 Å². The highest BCUT2D eigenvalue weighted by Gasteiger charge is 2.16. The van der Waals surface area contributed by atoms with E-state index in [2.05, 4.69) is 70.7 Å². The number of pyridine rings is 1. The largest absolute Gasteiger partial charge is 0.363 e. The Morgan fingerprint density at radius 2 is 1.90 bits per heavy atom. The molecule has 3 aromatic heterocycles. The lowest BCUT2D eigenvalue weighted by molar-refractivity contribution is 0.201. The smallest absolute Gasteiger partial charge is 0.144 e. The van der Waals surface area contributed by atoms with Crippen LogP contribution in [0.15, 0.2) is 59.9 Å². The highest BCUT2D eigenvalue weighted by Crippen LogP contribution is 2.23. The van der Waals surface area contributed by atoms with E-state index in [1.165, 1.54) is 12.0 Å². The Labute approximate surface area is 231 Å². The van der Waals surface area contributed by atoms with Gasteiger partial charge in [-0.2, -0.15) is 0 Å². The summed E-state index contributed by atoms with van der Waals surface area (Å²) in [5.41, 5.74) is 11.0. The number of aromatic nitrogens is 4. The van der Waals surface area contributed by atoms with Crippen molar-refractivity contribution in [1.29, 1.82) is 0 Å². The molecule has 206 valence electrons. The van der Waals surface area contributed by atoms with Gasteiger partial charge in [0.05, 0.1) is 36.7 Å². The van der Waals surface area contributed by atoms with Gasteiger partial charge in [-0.05, 0) is 62.4 Å². The number of aliphatic imine (C=N–C) groups is 2. The van der Waals surface area contributed by atoms with Gasteiger partial charge in [-0.1, -0.05) is 0 Å². The Kier molecular flexibility index (Phi) is 10.7. The molecule has 10 nitrogen and oxygen atoms in total. The van der Waals surface area contributed by atoms with Gasteiger partial charge < -0.3 is 21.4 Å². The minimum Gasteiger partial charge on any atom is -0.363 e. The fourth-order valence-electron chi connectivity index (χ4n) is 4.71. The van der Waals surface area contributed by atoms with Gasteiger partial charge in [0.25, 0.3) is 0 Å². The van der Waals surface area contributed by atoms with Crippen molar-refractivity contribution in [3.8, 4) is 11.4 Å². The molecule has 0 bridgehead atoms. The van der Waals surface area contributed by atoms with Crippen LogP contribution >= 0.6 is 0 Å². The molecule has 2 aliphatic heterocycles. The molecule has 0 saturated carbocycles. The molecule has 5 N–H and O–H groups in total. The molecule has 0 spiro atoms. The van der Waals surface area contributed by atoms with E-state index in [1.807, 2.05) is 18.5 Å². The van der Waals surface area contributed by atoms with Crippen molar-refractivity contribution in [2.45, 2.75) is 51.2 Å². The lowest BCUT2D eigenvalue weighted by Crippen LogP contribution is -2.42. The summed E-state index contributed by atoms with van der Waals surface area (Å²) in [6, 6.07) is 6.55. The number of nitrogens with zero attached hydrogens (tertiary/aromatic N) is 6. The van der Waals surface area contributed by atoms with Crippen LogP contribution in [0.25, 0.3) is 11.4 Å². The maximum atomic E-state index is 6.14.